The lowest BCUT2D eigenvalue weighted by molar-refractivity contribution is -0.165. The molecule has 39 heavy (non-hydrogen) atoms. The van der Waals surface area contributed by atoms with Crippen LogP contribution in [-0.2, 0) is 16.1 Å². The molecule has 4 rings (SSSR count). The first-order valence-electron chi connectivity index (χ1n) is 12.0. The van der Waals surface area contributed by atoms with Crippen LogP contribution in [0.25, 0.3) is 10.9 Å². The average molecular weight is 546 g/mol. The maximum Gasteiger partial charge on any atom is 0.335 e. The lowest BCUT2D eigenvalue weighted by Gasteiger charge is -2.31. The number of fused-ring (bicyclic) bond motifs is 1. The highest BCUT2D eigenvalue weighted by molar-refractivity contribution is 5.97. The smallest absolute Gasteiger partial charge is 0.335 e. The number of nitrogens with one attached hydrogen (secondary N) is 1. The number of H-pyrrole nitrogens is 1. The topological polar surface area (TPSA) is 190 Å². The Kier molecular flexibility index (Phi) is 9.82. The summed E-state index contributed by atoms with van der Waals surface area (Å²) in [4.78, 5) is 61.9. The number of para-hydroxylation sites is 1. The summed E-state index contributed by atoms with van der Waals surface area (Å²) in [5.41, 5.74) is 0.388. The number of carbonyl (C=O) groups excluding carboxylic acids is 1. The monoisotopic (exact) mass is 545 g/mol. The third-order valence-electron chi connectivity index (χ3n) is 6.42. The van der Waals surface area contributed by atoms with Crippen molar-refractivity contribution in [3.8, 4) is 0 Å². The van der Waals surface area contributed by atoms with E-state index in [-0.39, 0.29) is 23.1 Å². The molecular formula is C26H28FN3O9. The molecule has 1 aliphatic rings. The summed E-state index contributed by atoms with van der Waals surface area (Å²) in [6, 6.07) is 12.6. The lowest BCUT2D eigenvalue weighted by Crippen LogP contribution is -2.42. The van der Waals surface area contributed by atoms with Crippen molar-refractivity contribution in [2.75, 3.05) is 19.6 Å². The third kappa shape index (κ3) is 7.44. The minimum Gasteiger partial charge on any atom is -0.479 e. The number of piperidine rings is 1. The van der Waals surface area contributed by atoms with Gasteiger partial charge in [0.25, 0.3) is 5.56 Å². The number of Topliss-reactive ketones (excluding diaryl/α,β-unsaturated/α-hetero) is 1. The van der Waals surface area contributed by atoms with Crippen molar-refractivity contribution >= 4 is 28.6 Å². The molecule has 1 aromatic heterocycles. The van der Waals surface area contributed by atoms with Gasteiger partial charge >= 0.3 is 17.6 Å². The Bertz CT molecular complexity index is 1430. The van der Waals surface area contributed by atoms with Crippen LogP contribution in [0.3, 0.4) is 0 Å². The van der Waals surface area contributed by atoms with Crippen molar-refractivity contribution in [2.45, 2.75) is 31.6 Å². The minimum atomic E-state index is -2.27. The fourth-order valence-electron chi connectivity index (χ4n) is 4.18. The van der Waals surface area contributed by atoms with Gasteiger partial charge in [0.05, 0.1) is 10.9 Å². The Labute approximate surface area is 220 Å². The van der Waals surface area contributed by atoms with Crippen LogP contribution >= 0.6 is 0 Å². The zero-order chi connectivity index (χ0) is 28.7. The number of nitrogens with zero attached hydrogens (tertiary/aromatic N) is 2. The normalized spacial score (nSPS) is 15.7. The molecule has 208 valence electrons. The largest absolute Gasteiger partial charge is 0.479 e. The fourth-order valence-corrected chi connectivity index (χ4v) is 4.18. The molecule has 0 saturated carbocycles. The van der Waals surface area contributed by atoms with E-state index in [0.717, 1.165) is 13.1 Å². The minimum absolute atomic E-state index is 0.0480. The third-order valence-corrected chi connectivity index (χ3v) is 6.42. The van der Waals surface area contributed by atoms with Crippen LogP contribution in [0.15, 0.2) is 58.1 Å². The molecule has 0 spiro atoms. The van der Waals surface area contributed by atoms with Crippen LogP contribution in [0.2, 0.25) is 0 Å². The van der Waals surface area contributed by atoms with Crippen LogP contribution in [-0.4, -0.2) is 84.4 Å². The van der Waals surface area contributed by atoms with Gasteiger partial charge in [-0.25, -0.2) is 18.8 Å². The molecule has 1 fully saturated rings. The van der Waals surface area contributed by atoms with Crippen LogP contribution in [0.1, 0.15) is 23.2 Å². The first-order valence-corrected chi connectivity index (χ1v) is 12.0. The number of aromatic amines is 1. The highest BCUT2D eigenvalue weighted by Crippen LogP contribution is 2.22. The first-order chi connectivity index (χ1) is 18.5. The highest BCUT2D eigenvalue weighted by atomic mass is 19.1. The second-order valence-electron chi connectivity index (χ2n) is 8.99. The molecule has 3 aromatic rings. The molecule has 0 radical (unpaired) electrons. The Morgan fingerprint density at radius 2 is 1.46 bits per heavy atom. The van der Waals surface area contributed by atoms with E-state index in [9.17, 15) is 28.4 Å². The molecule has 0 bridgehead atoms. The van der Waals surface area contributed by atoms with E-state index in [1.54, 1.807) is 24.3 Å². The summed E-state index contributed by atoms with van der Waals surface area (Å²) >= 11 is 0. The maximum atomic E-state index is 13.0. The summed E-state index contributed by atoms with van der Waals surface area (Å²) in [5, 5.41) is 33.0. The summed E-state index contributed by atoms with van der Waals surface area (Å²) in [7, 11) is 0. The molecule has 12 nitrogen and oxygen atoms in total. The number of rotatable bonds is 8. The molecule has 2 aromatic carbocycles. The maximum absolute atomic E-state index is 13.0. The van der Waals surface area contributed by atoms with Crippen molar-refractivity contribution < 1.29 is 39.2 Å². The van der Waals surface area contributed by atoms with E-state index in [1.807, 2.05) is 0 Å². The molecule has 5 N–H and O–H groups in total. The summed E-state index contributed by atoms with van der Waals surface area (Å²) < 4.78 is 14.3. The number of halogens is 1. The number of aliphatic carboxylic acids is 2. The van der Waals surface area contributed by atoms with Crippen molar-refractivity contribution in [2.24, 2.45) is 5.92 Å². The van der Waals surface area contributed by atoms with Crippen LogP contribution in [0, 0.1) is 11.7 Å². The van der Waals surface area contributed by atoms with Crippen molar-refractivity contribution in [3.05, 3.63) is 80.7 Å². The molecule has 0 aliphatic carbocycles. The highest BCUT2D eigenvalue weighted by Gasteiger charge is 2.29. The SMILES string of the molecule is O=C(O)[C@@H](O)[C@H](O)C(=O)O.O=C(c1ccc(F)cc1)C1CCN(CCn2c(=O)[nH]c3ccccc3c2=O)CC1. The number of hydrogen-bond acceptors (Lipinski definition) is 8. The van der Waals surface area contributed by atoms with Crippen molar-refractivity contribution in [1.29, 1.82) is 0 Å². The van der Waals surface area contributed by atoms with Gasteiger partial charge in [0.1, 0.15) is 5.82 Å². The number of aliphatic hydroxyl groups excluding tert-OH is 2. The van der Waals surface area contributed by atoms with E-state index < -0.39 is 29.8 Å². The Hall–Kier alpha value is -4.20. The van der Waals surface area contributed by atoms with E-state index in [1.165, 1.54) is 28.8 Å². The van der Waals surface area contributed by atoms with Gasteiger partial charge in [-0.3, -0.25) is 14.2 Å². The number of aromatic nitrogens is 2. The van der Waals surface area contributed by atoms with Crippen LogP contribution in [0.4, 0.5) is 4.39 Å². The van der Waals surface area contributed by atoms with Gasteiger partial charge in [-0.05, 0) is 62.3 Å². The fraction of sp³-hybridized carbons (Fsp3) is 0.346. The van der Waals surface area contributed by atoms with Gasteiger partial charge in [0, 0.05) is 24.6 Å². The van der Waals surface area contributed by atoms with E-state index in [2.05, 4.69) is 9.88 Å². The Morgan fingerprint density at radius 3 is 2.03 bits per heavy atom. The van der Waals surface area contributed by atoms with Gasteiger partial charge in [-0.2, -0.15) is 0 Å². The number of hydrogen-bond donors (Lipinski definition) is 5. The number of carboxylic acids is 2. The lowest BCUT2D eigenvalue weighted by atomic mass is 9.89. The van der Waals surface area contributed by atoms with E-state index in [0.29, 0.717) is 42.4 Å². The zero-order valence-electron chi connectivity index (χ0n) is 20.7. The number of ketones is 1. The molecule has 1 aliphatic heterocycles. The van der Waals surface area contributed by atoms with Gasteiger partial charge in [0.2, 0.25) is 0 Å². The van der Waals surface area contributed by atoms with Crippen molar-refractivity contribution in [3.63, 3.8) is 0 Å². The van der Waals surface area contributed by atoms with E-state index >= 15 is 0 Å². The van der Waals surface area contributed by atoms with Gasteiger partial charge in [-0.15, -0.1) is 0 Å². The predicted molar refractivity (Wildman–Crippen MR) is 136 cm³/mol. The number of aliphatic hydroxyl groups is 2. The summed E-state index contributed by atoms with van der Waals surface area (Å²) in [5.74, 6) is -3.92. The van der Waals surface area contributed by atoms with Crippen molar-refractivity contribution in [1.82, 2.24) is 14.5 Å². The Balaban J connectivity index is 0.000000360. The number of benzene rings is 2. The van der Waals surface area contributed by atoms with Gasteiger partial charge < -0.3 is 30.3 Å². The predicted octanol–water partition coefficient (Wildman–Crippen LogP) is 0.301. The summed E-state index contributed by atoms with van der Waals surface area (Å²) in [6.45, 7) is 2.31. The van der Waals surface area contributed by atoms with Crippen LogP contribution < -0.4 is 11.2 Å². The van der Waals surface area contributed by atoms with Gasteiger partial charge in [0.15, 0.2) is 18.0 Å². The standard InChI is InChI=1S/C22H22FN3O3.C4H6O6/c23-17-7-5-15(6-8-17)20(27)16-9-11-25(12-10-16)13-14-26-21(28)18-3-1-2-4-19(18)24-22(26)29;5-1(3(7)8)2(6)4(9)10/h1-8,16H,9-14H2,(H,24,29);1-2,5-6H,(H,7,8)(H,9,10)/t;1-,2-/m.0/s1. The number of carboxylic acid groups (broad SMARTS) is 2. The molecule has 13 heteroatoms. The molecule has 2 atom stereocenters. The number of likely N-dealkylation sites (tertiary alicyclic amines) is 1. The van der Waals surface area contributed by atoms with Crippen LogP contribution in [0.5, 0.6) is 0 Å². The molecule has 1 saturated heterocycles. The van der Waals surface area contributed by atoms with Gasteiger partial charge in [-0.1, -0.05) is 12.1 Å². The Morgan fingerprint density at radius 1 is 0.897 bits per heavy atom. The first kappa shape index (κ1) is 29.4. The molecular weight excluding hydrogens is 517 g/mol. The van der Waals surface area contributed by atoms with E-state index in [4.69, 9.17) is 20.4 Å². The average Bonchev–Trinajstić information content (AvgIpc) is 2.92. The molecule has 2 heterocycles. The zero-order valence-corrected chi connectivity index (χ0v) is 20.7. The molecule has 0 unspecified atom stereocenters. The second-order valence-corrected chi connectivity index (χ2v) is 8.99. The quantitative estimate of drug-likeness (QED) is 0.246. The number of carbonyl (C=O) groups is 3. The molecule has 0 amide bonds. The second kappa shape index (κ2) is 13.0. The summed E-state index contributed by atoms with van der Waals surface area (Å²) in [6.07, 6.45) is -3.12.